The number of benzene rings is 1. The molecule has 0 saturated heterocycles. The summed E-state index contributed by atoms with van der Waals surface area (Å²) in [6.45, 7) is 7.32. The van der Waals surface area contributed by atoms with Crippen LogP contribution in [0.4, 0.5) is 0 Å². The first kappa shape index (κ1) is 19.9. The number of aryl methyl sites for hydroxylation is 2. The Morgan fingerprint density at radius 2 is 1.93 bits per heavy atom. The van der Waals surface area contributed by atoms with Crippen molar-refractivity contribution < 1.29 is 14.3 Å². The number of nitrogens with zero attached hydrogens (tertiary/aromatic N) is 2. The SMILES string of the molecule is CC(=O)c1c(C)[nH]c(C(=O)CSc2n[nH]c(COc3ccccc3C)n2)c1C. The topological polar surface area (TPSA) is 101 Å². The lowest BCUT2D eigenvalue weighted by Crippen LogP contribution is -2.05. The first-order chi connectivity index (χ1) is 13.4. The van der Waals surface area contributed by atoms with Gasteiger partial charge in [0.05, 0.1) is 11.4 Å². The Labute approximate surface area is 167 Å². The van der Waals surface area contributed by atoms with Gasteiger partial charge in [0.15, 0.2) is 17.4 Å². The van der Waals surface area contributed by atoms with Crippen LogP contribution in [0.15, 0.2) is 29.4 Å². The molecule has 0 spiro atoms. The Balaban J connectivity index is 1.59. The molecule has 2 heterocycles. The van der Waals surface area contributed by atoms with Gasteiger partial charge in [-0.25, -0.2) is 4.98 Å². The highest BCUT2D eigenvalue weighted by atomic mass is 32.2. The summed E-state index contributed by atoms with van der Waals surface area (Å²) in [5.41, 5.74) is 3.50. The van der Waals surface area contributed by atoms with E-state index in [4.69, 9.17) is 4.74 Å². The van der Waals surface area contributed by atoms with Crippen LogP contribution in [-0.2, 0) is 6.61 Å². The molecule has 3 aromatic rings. The fourth-order valence-electron chi connectivity index (χ4n) is 3.03. The van der Waals surface area contributed by atoms with E-state index < -0.39 is 0 Å². The van der Waals surface area contributed by atoms with Crippen molar-refractivity contribution in [2.45, 2.75) is 39.5 Å². The van der Waals surface area contributed by atoms with E-state index in [0.717, 1.165) is 11.3 Å². The van der Waals surface area contributed by atoms with Gasteiger partial charge in [-0.3, -0.25) is 14.7 Å². The number of ether oxygens (including phenoxy) is 1. The predicted molar refractivity (Wildman–Crippen MR) is 107 cm³/mol. The number of thioether (sulfide) groups is 1. The standard InChI is InChI=1S/C20H22N4O3S/c1-11-7-5-6-8-16(11)27-9-17-22-20(24-23-17)28-10-15(26)19-12(2)18(14(4)25)13(3)21-19/h5-8,21H,9-10H2,1-4H3,(H,22,23,24). The van der Waals surface area contributed by atoms with Crippen LogP contribution in [0.3, 0.4) is 0 Å². The maximum atomic E-state index is 12.5. The molecule has 0 atom stereocenters. The van der Waals surface area contributed by atoms with Crippen molar-refractivity contribution in [1.82, 2.24) is 20.2 Å². The van der Waals surface area contributed by atoms with Gasteiger partial charge in [0.25, 0.3) is 0 Å². The Kier molecular flexibility index (Phi) is 5.99. The first-order valence-electron chi connectivity index (χ1n) is 8.82. The highest BCUT2D eigenvalue weighted by Crippen LogP contribution is 2.22. The van der Waals surface area contributed by atoms with Crippen molar-refractivity contribution in [2.24, 2.45) is 0 Å². The highest BCUT2D eigenvalue weighted by molar-refractivity contribution is 7.99. The molecule has 28 heavy (non-hydrogen) atoms. The number of Topliss-reactive ketones (excluding diaryl/α,β-unsaturated/α-hetero) is 2. The van der Waals surface area contributed by atoms with Crippen molar-refractivity contribution >= 4 is 23.3 Å². The number of carbonyl (C=O) groups is 2. The fourth-order valence-corrected chi connectivity index (χ4v) is 3.72. The third-order valence-corrected chi connectivity index (χ3v) is 5.22. The number of nitrogens with one attached hydrogen (secondary N) is 2. The second-order valence-corrected chi connectivity index (χ2v) is 7.45. The van der Waals surface area contributed by atoms with Crippen LogP contribution in [0.5, 0.6) is 5.75 Å². The van der Waals surface area contributed by atoms with Crippen LogP contribution >= 0.6 is 11.8 Å². The van der Waals surface area contributed by atoms with Crippen molar-refractivity contribution in [1.29, 1.82) is 0 Å². The molecule has 7 nitrogen and oxygen atoms in total. The second kappa shape index (κ2) is 8.43. The minimum Gasteiger partial charge on any atom is -0.485 e. The fraction of sp³-hybridized carbons (Fsp3) is 0.300. The molecular formula is C20H22N4O3S. The Hall–Kier alpha value is -2.87. The molecule has 0 unspecified atom stereocenters. The Bertz CT molecular complexity index is 1020. The number of carbonyl (C=O) groups excluding carboxylic acids is 2. The molecule has 0 bridgehead atoms. The van der Waals surface area contributed by atoms with Gasteiger partial charge in [0.2, 0.25) is 5.16 Å². The molecule has 0 aliphatic heterocycles. The summed E-state index contributed by atoms with van der Waals surface area (Å²) in [6.07, 6.45) is 0. The maximum Gasteiger partial charge on any atom is 0.208 e. The first-order valence-corrected chi connectivity index (χ1v) is 9.81. The smallest absolute Gasteiger partial charge is 0.208 e. The number of hydrogen-bond acceptors (Lipinski definition) is 6. The third-order valence-electron chi connectivity index (χ3n) is 4.37. The number of para-hydroxylation sites is 1. The molecule has 8 heteroatoms. The van der Waals surface area contributed by atoms with Crippen LogP contribution in [0.25, 0.3) is 0 Å². The zero-order valence-electron chi connectivity index (χ0n) is 16.3. The molecule has 1 aromatic carbocycles. The summed E-state index contributed by atoms with van der Waals surface area (Å²) >= 11 is 1.24. The quantitative estimate of drug-likeness (QED) is 0.442. The molecule has 2 N–H and O–H groups in total. The normalized spacial score (nSPS) is 10.9. The minimum atomic E-state index is -0.0967. The molecule has 0 aliphatic rings. The summed E-state index contributed by atoms with van der Waals surface area (Å²) in [4.78, 5) is 31.6. The molecule has 0 amide bonds. The van der Waals surface area contributed by atoms with E-state index in [9.17, 15) is 9.59 Å². The van der Waals surface area contributed by atoms with E-state index in [-0.39, 0.29) is 23.9 Å². The number of ketones is 2. The van der Waals surface area contributed by atoms with Gasteiger partial charge < -0.3 is 9.72 Å². The van der Waals surface area contributed by atoms with E-state index in [1.807, 2.05) is 31.2 Å². The van der Waals surface area contributed by atoms with Gasteiger partial charge in [-0.1, -0.05) is 30.0 Å². The average Bonchev–Trinajstić information content (AvgIpc) is 3.22. The molecule has 3 rings (SSSR count). The zero-order chi connectivity index (χ0) is 20.3. The zero-order valence-corrected chi connectivity index (χ0v) is 17.1. The van der Waals surface area contributed by atoms with Crippen LogP contribution in [0.1, 0.15) is 50.4 Å². The summed E-state index contributed by atoms with van der Waals surface area (Å²) in [5, 5.41) is 7.42. The van der Waals surface area contributed by atoms with Crippen molar-refractivity contribution in [3.8, 4) is 5.75 Å². The summed E-state index contributed by atoms with van der Waals surface area (Å²) in [6, 6.07) is 7.74. The molecule has 2 aromatic heterocycles. The lowest BCUT2D eigenvalue weighted by molar-refractivity contribution is 0.101. The number of aromatic nitrogens is 4. The largest absolute Gasteiger partial charge is 0.485 e. The molecule has 0 aliphatic carbocycles. The summed E-state index contributed by atoms with van der Waals surface area (Å²) < 4.78 is 5.74. The van der Waals surface area contributed by atoms with Gasteiger partial charge in [-0.15, -0.1) is 5.10 Å². The lowest BCUT2D eigenvalue weighted by atomic mass is 10.1. The second-order valence-electron chi connectivity index (χ2n) is 6.51. The van der Waals surface area contributed by atoms with E-state index in [2.05, 4.69) is 20.2 Å². The summed E-state index contributed by atoms with van der Waals surface area (Å²) in [7, 11) is 0. The van der Waals surface area contributed by atoms with Crippen LogP contribution in [0.2, 0.25) is 0 Å². The predicted octanol–water partition coefficient (Wildman–Crippen LogP) is 3.81. The molecule has 0 radical (unpaired) electrons. The molecular weight excluding hydrogens is 376 g/mol. The third kappa shape index (κ3) is 4.33. The van der Waals surface area contributed by atoms with Gasteiger partial charge in [0, 0.05) is 11.3 Å². The van der Waals surface area contributed by atoms with E-state index >= 15 is 0 Å². The van der Waals surface area contributed by atoms with Crippen molar-refractivity contribution in [3.05, 3.63) is 58.2 Å². The van der Waals surface area contributed by atoms with E-state index in [1.54, 1.807) is 13.8 Å². The Morgan fingerprint density at radius 3 is 2.61 bits per heavy atom. The van der Waals surface area contributed by atoms with Crippen LogP contribution in [-0.4, -0.2) is 37.5 Å². The number of H-pyrrole nitrogens is 2. The number of hydrogen-bond donors (Lipinski definition) is 2. The van der Waals surface area contributed by atoms with Gasteiger partial charge in [0.1, 0.15) is 12.4 Å². The van der Waals surface area contributed by atoms with Gasteiger partial charge in [-0.05, 0) is 44.9 Å². The average molecular weight is 398 g/mol. The van der Waals surface area contributed by atoms with Crippen LogP contribution in [0, 0.1) is 20.8 Å². The number of aromatic amines is 2. The molecule has 146 valence electrons. The van der Waals surface area contributed by atoms with Crippen molar-refractivity contribution in [3.63, 3.8) is 0 Å². The van der Waals surface area contributed by atoms with E-state index in [0.29, 0.717) is 33.5 Å². The minimum absolute atomic E-state index is 0.0507. The molecule has 0 fully saturated rings. The summed E-state index contributed by atoms with van der Waals surface area (Å²) in [5.74, 6) is 1.41. The monoisotopic (exact) mass is 398 g/mol. The number of rotatable bonds is 8. The van der Waals surface area contributed by atoms with Gasteiger partial charge in [-0.2, -0.15) is 0 Å². The maximum absolute atomic E-state index is 12.5. The van der Waals surface area contributed by atoms with Gasteiger partial charge >= 0.3 is 0 Å². The van der Waals surface area contributed by atoms with E-state index in [1.165, 1.54) is 18.7 Å². The highest BCUT2D eigenvalue weighted by Gasteiger charge is 2.20. The lowest BCUT2D eigenvalue weighted by Gasteiger charge is -2.06. The van der Waals surface area contributed by atoms with Crippen LogP contribution < -0.4 is 4.74 Å². The molecule has 0 saturated carbocycles. The Morgan fingerprint density at radius 1 is 1.18 bits per heavy atom. The van der Waals surface area contributed by atoms with Crippen molar-refractivity contribution in [2.75, 3.05) is 5.75 Å².